The lowest BCUT2D eigenvalue weighted by Crippen LogP contribution is -2.21. The molecule has 1 aliphatic rings. The highest BCUT2D eigenvalue weighted by Gasteiger charge is 2.31. The lowest BCUT2D eigenvalue weighted by atomic mass is 9.86. The molecule has 1 amide bonds. The van der Waals surface area contributed by atoms with Crippen LogP contribution in [0, 0.1) is 6.92 Å². The van der Waals surface area contributed by atoms with Gasteiger partial charge in [0, 0.05) is 42.3 Å². The molecular formula is C25H29N5O. The Hall–Kier alpha value is -3.28. The molecular weight excluding hydrogens is 386 g/mol. The first-order valence-electron chi connectivity index (χ1n) is 10.8. The second-order valence-electron chi connectivity index (χ2n) is 8.77. The van der Waals surface area contributed by atoms with E-state index >= 15 is 0 Å². The Morgan fingerprint density at radius 2 is 2.00 bits per heavy atom. The Balaban J connectivity index is 1.53. The average Bonchev–Trinajstić information content (AvgIpc) is 3.08. The van der Waals surface area contributed by atoms with E-state index < -0.39 is 0 Å². The van der Waals surface area contributed by atoms with Crippen molar-refractivity contribution in [1.82, 2.24) is 20.3 Å². The van der Waals surface area contributed by atoms with Crippen LogP contribution in [0.3, 0.4) is 0 Å². The van der Waals surface area contributed by atoms with Crippen LogP contribution in [0.1, 0.15) is 56.0 Å². The number of pyridine rings is 1. The van der Waals surface area contributed by atoms with Gasteiger partial charge in [-0.15, -0.1) is 0 Å². The molecule has 31 heavy (non-hydrogen) atoms. The van der Waals surface area contributed by atoms with Gasteiger partial charge in [-0.3, -0.25) is 9.78 Å². The summed E-state index contributed by atoms with van der Waals surface area (Å²) in [6.45, 7) is 8.96. The number of nitrogens with one attached hydrogen (secondary N) is 2. The van der Waals surface area contributed by atoms with Crippen LogP contribution in [0.2, 0.25) is 0 Å². The predicted octanol–water partition coefficient (Wildman–Crippen LogP) is 4.84. The Morgan fingerprint density at radius 1 is 1.16 bits per heavy atom. The number of nitrogens with zero attached hydrogens (tertiary/aromatic N) is 3. The molecule has 2 N–H and O–H groups in total. The van der Waals surface area contributed by atoms with Crippen LogP contribution in [0.15, 0.2) is 42.7 Å². The number of rotatable bonds is 6. The highest BCUT2D eigenvalue weighted by Crippen LogP contribution is 2.38. The maximum Gasteiger partial charge on any atom is 0.227 e. The minimum atomic E-state index is 0.0505. The Labute approximate surface area is 183 Å². The van der Waals surface area contributed by atoms with Crippen LogP contribution in [0.5, 0.6) is 0 Å². The highest BCUT2D eigenvalue weighted by atomic mass is 16.1. The smallest absolute Gasteiger partial charge is 0.227 e. The molecule has 0 bridgehead atoms. The summed E-state index contributed by atoms with van der Waals surface area (Å²) in [6.07, 6.45) is 6.34. The number of carbonyl (C=O) groups excluding carboxylic acids is 1. The number of aromatic nitrogens is 3. The predicted molar refractivity (Wildman–Crippen MR) is 123 cm³/mol. The fraction of sp³-hybridized carbons (Fsp3) is 0.360. The van der Waals surface area contributed by atoms with Gasteiger partial charge in [-0.2, -0.15) is 0 Å². The zero-order valence-electron chi connectivity index (χ0n) is 18.6. The average molecular weight is 416 g/mol. The van der Waals surface area contributed by atoms with Crippen molar-refractivity contribution in [2.45, 2.75) is 58.9 Å². The monoisotopic (exact) mass is 415 g/mol. The topological polar surface area (TPSA) is 79.8 Å². The van der Waals surface area contributed by atoms with Crippen molar-refractivity contribution in [3.05, 3.63) is 65.1 Å². The van der Waals surface area contributed by atoms with Crippen molar-refractivity contribution >= 4 is 17.5 Å². The number of hydrogen-bond donors (Lipinski definition) is 2. The molecule has 0 unspecified atom stereocenters. The molecule has 2 aromatic heterocycles. The van der Waals surface area contributed by atoms with E-state index in [0.29, 0.717) is 18.9 Å². The van der Waals surface area contributed by atoms with E-state index in [4.69, 9.17) is 9.97 Å². The van der Waals surface area contributed by atoms with E-state index in [-0.39, 0.29) is 11.3 Å². The third kappa shape index (κ3) is 4.58. The highest BCUT2D eigenvalue weighted by molar-refractivity contribution is 5.75. The van der Waals surface area contributed by atoms with Crippen molar-refractivity contribution in [2.75, 3.05) is 5.32 Å². The third-order valence-corrected chi connectivity index (χ3v) is 5.99. The SMILES string of the molecule is CCC(=O)NCc1ccc(Nc2nccc(-c3cnc4c(c3)C(C)(C)CC4)n2)c(C)c1. The van der Waals surface area contributed by atoms with Gasteiger partial charge >= 0.3 is 0 Å². The second-order valence-corrected chi connectivity index (χ2v) is 8.77. The lowest BCUT2D eigenvalue weighted by Gasteiger charge is -2.19. The van der Waals surface area contributed by atoms with E-state index in [1.54, 1.807) is 6.20 Å². The van der Waals surface area contributed by atoms with Crippen molar-refractivity contribution in [3.63, 3.8) is 0 Å². The van der Waals surface area contributed by atoms with Gasteiger partial charge in [-0.25, -0.2) is 9.97 Å². The van der Waals surface area contributed by atoms with E-state index in [2.05, 4.69) is 41.6 Å². The summed E-state index contributed by atoms with van der Waals surface area (Å²) in [5, 5.41) is 6.23. The molecule has 0 aliphatic heterocycles. The van der Waals surface area contributed by atoms with Crippen LogP contribution < -0.4 is 10.6 Å². The number of hydrogen-bond acceptors (Lipinski definition) is 5. The summed E-state index contributed by atoms with van der Waals surface area (Å²) < 4.78 is 0. The summed E-state index contributed by atoms with van der Waals surface area (Å²) in [4.78, 5) is 25.3. The maximum atomic E-state index is 11.5. The summed E-state index contributed by atoms with van der Waals surface area (Å²) in [5.74, 6) is 0.599. The molecule has 4 rings (SSSR count). The fourth-order valence-electron chi connectivity index (χ4n) is 3.99. The first-order chi connectivity index (χ1) is 14.9. The Morgan fingerprint density at radius 3 is 2.77 bits per heavy atom. The van der Waals surface area contributed by atoms with Gasteiger partial charge in [0.25, 0.3) is 0 Å². The zero-order chi connectivity index (χ0) is 22.0. The molecule has 0 saturated carbocycles. The molecule has 0 radical (unpaired) electrons. The van der Waals surface area contributed by atoms with Crippen LogP contribution in [-0.4, -0.2) is 20.9 Å². The van der Waals surface area contributed by atoms with Crippen LogP contribution in [0.25, 0.3) is 11.3 Å². The molecule has 6 heteroatoms. The normalized spacial score (nSPS) is 14.2. The first kappa shape index (κ1) is 21.0. The molecule has 0 atom stereocenters. The van der Waals surface area contributed by atoms with Crippen molar-refractivity contribution < 1.29 is 4.79 Å². The summed E-state index contributed by atoms with van der Waals surface area (Å²) in [5.41, 5.74) is 7.61. The lowest BCUT2D eigenvalue weighted by molar-refractivity contribution is -0.120. The summed E-state index contributed by atoms with van der Waals surface area (Å²) in [7, 11) is 0. The molecule has 0 saturated heterocycles. The van der Waals surface area contributed by atoms with Gasteiger partial charge in [0.1, 0.15) is 0 Å². The van der Waals surface area contributed by atoms with E-state index in [9.17, 15) is 4.79 Å². The summed E-state index contributed by atoms with van der Waals surface area (Å²) in [6, 6.07) is 10.2. The molecule has 6 nitrogen and oxygen atoms in total. The minimum Gasteiger partial charge on any atom is -0.352 e. The van der Waals surface area contributed by atoms with Crippen LogP contribution in [0.4, 0.5) is 11.6 Å². The molecule has 2 heterocycles. The van der Waals surface area contributed by atoms with Crippen molar-refractivity contribution in [1.29, 1.82) is 0 Å². The van der Waals surface area contributed by atoms with Gasteiger partial charge < -0.3 is 10.6 Å². The zero-order valence-corrected chi connectivity index (χ0v) is 18.6. The molecule has 3 aromatic rings. The van der Waals surface area contributed by atoms with E-state index in [1.165, 1.54) is 11.3 Å². The molecule has 0 fully saturated rings. The molecule has 1 aromatic carbocycles. The Bertz CT molecular complexity index is 1120. The Kier molecular flexibility index (Phi) is 5.72. The van der Waals surface area contributed by atoms with Crippen molar-refractivity contribution in [3.8, 4) is 11.3 Å². The van der Waals surface area contributed by atoms with Gasteiger partial charge in [0.15, 0.2) is 0 Å². The maximum absolute atomic E-state index is 11.5. The van der Waals surface area contributed by atoms with Crippen LogP contribution >= 0.6 is 0 Å². The summed E-state index contributed by atoms with van der Waals surface area (Å²) >= 11 is 0. The molecule has 160 valence electrons. The van der Waals surface area contributed by atoms with E-state index in [1.807, 2.05) is 38.2 Å². The van der Waals surface area contributed by atoms with Gasteiger partial charge in [-0.1, -0.05) is 32.9 Å². The number of aryl methyl sites for hydroxylation is 2. The van der Waals surface area contributed by atoms with Gasteiger partial charge in [-0.05, 0) is 60.1 Å². The minimum absolute atomic E-state index is 0.0505. The van der Waals surface area contributed by atoms with Gasteiger partial charge in [0.2, 0.25) is 11.9 Å². The fourth-order valence-corrected chi connectivity index (χ4v) is 3.99. The number of fused-ring (bicyclic) bond motifs is 1. The first-order valence-corrected chi connectivity index (χ1v) is 10.8. The molecule has 0 spiro atoms. The van der Waals surface area contributed by atoms with Crippen LogP contribution in [-0.2, 0) is 23.2 Å². The second kappa shape index (κ2) is 8.46. The van der Waals surface area contributed by atoms with Crippen molar-refractivity contribution in [2.24, 2.45) is 0 Å². The third-order valence-electron chi connectivity index (χ3n) is 5.99. The standard InChI is InChI=1S/C25H29N5O/c1-5-23(31)28-14-17-6-7-20(16(2)12-17)29-24-26-11-9-21(30-24)18-13-19-22(27-15-18)8-10-25(19,3)4/h6-7,9,11-13,15H,5,8,10,14H2,1-4H3,(H,28,31)(H,26,29,30). The number of amides is 1. The van der Waals surface area contributed by atoms with E-state index in [0.717, 1.165) is 40.9 Å². The van der Waals surface area contributed by atoms with Gasteiger partial charge in [0.05, 0.1) is 5.69 Å². The quantitative estimate of drug-likeness (QED) is 0.602. The number of anilines is 2. The number of carbonyl (C=O) groups is 1. The largest absolute Gasteiger partial charge is 0.352 e. The molecule has 1 aliphatic carbocycles. The number of benzene rings is 1.